The van der Waals surface area contributed by atoms with E-state index in [-0.39, 0.29) is 18.1 Å². The maximum Gasteiger partial charge on any atom is 0.323 e. The second-order valence-corrected chi connectivity index (χ2v) is 5.57. The summed E-state index contributed by atoms with van der Waals surface area (Å²) in [5.41, 5.74) is 0. The summed E-state index contributed by atoms with van der Waals surface area (Å²) < 4.78 is 10.7. The predicted molar refractivity (Wildman–Crippen MR) is 66.3 cm³/mol. The lowest BCUT2D eigenvalue weighted by Crippen LogP contribution is -2.58. The van der Waals surface area contributed by atoms with Crippen LogP contribution in [0.1, 0.15) is 19.3 Å². The number of ether oxygens (including phenoxy) is 2. The third-order valence-electron chi connectivity index (χ3n) is 4.50. The number of methoxy groups -OCH3 is 1. The van der Waals surface area contributed by atoms with Gasteiger partial charge >= 0.3 is 5.97 Å². The number of morpholine rings is 1. The van der Waals surface area contributed by atoms with Crippen LogP contribution in [0.25, 0.3) is 0 Å². The molecule has 0 amide bonds. The van der Waals surface area contributed by atoms with Gasteiger partial charge in [-0.05, 0) is 25.8 Å². The zero-order chi connectivity index (χ0) is 12.5. The highest BCUT2D eigenvalue weighted by atomic mass is 16.5. The van der Waals surface area contributed by atoms with Crippen LogP contribution in [0.2, 0.25) is 0 Å². The van der Waals surface area contributed by atoms with Gasteiger partial charge in [-0.2, -0.15) is 0 Å². The maximum atomic E-state index is 11.5. The molecule has 3 rings (SSSR count). The molecule has 0 aliphatic carbocycles. The van der Waals surface area contributed by atoms with E-state index >= 15 is 0 Å². The van der Waals surface area contributed by atoms with Crippen molar-refractivity contribution < 1.29 is 14.3 Å². The summed E-state index contributed by atoms with van der Waals surface area (Å²) in [7, 11) is 1.46. The lowest BCUT2D eigenvalue weighted by molar-refractivity contribution is -0.154. The molecule has 3 fully saturated rings. The molecular formula is C13H22N2O3. The van der Waals surface area contributed by atoms with Gasteiger partial charge in [-0.3, -0.25) is 14.6 Å². The summed E-state index contributed by atoms with van der Waals surface area (Å²) in [6.45, 7) is 4.95. The summed E-state index contributed by atoms with van der Waals surface area (Å²) in [4.78, 5) is 16.2. The molecule has 3 heterocycles. The van der Waals surface area contributed by atoms with E-state index in [1.807, 2.05) is 0 Å². The fourth-order valence-electron chi connectivity index (χ4n) is 3.32. The van der Waals surface area contributed by atoms with Gasteiger partial charge in [0, 0.05) is 25.7 Å². The van der Waals surface area contributed by atoms with Gasteiger partial charge in [-0.1, -0.05) is 0 Å². The number of hydrogen-bond acceptors (Lipinski definition) is 5. The quantitative estimate of drug-likeness (QED) is 0.668. The van der Waals surface area contributed by atoms with Crippen molar-refractivity contribution in [1.29, 1.82) is 0 Å². The van der Waals surface area contributed by atoms with Crippen LogP contribution in [0.4, 0.5) is 0 Å². The van der Waals surface area contributed by atoms with Crippen molar-refractivity contribution in [3.8, 4) is 0 Å². The van der Waals surface area contributed by atoms with Gasteiger partial charge in [-0.15, -0.1) is 0 Å². The van der Waals surface area contributed by atoms with E-state index in [0.717, 1.165) is 32.7 Å². The van der Waals surface area contributed by atoms with E-state index in [2.05, 4.69) is 9.80 Å². The Morgan fingerprint density at radius 2 is 2.28 bits per heavy atom. The number of likely N-dealkylation sites (tertiary alicyclic amines) is 1. The first-order chi connectivity index (χ1) is 8.78. The van der Waals surface area contributed by atoms with E-state index in [9.17, 15) is 4.79 Å². The number of rotatable bonds is 3. The number of carbonyl (C=O) groups is 1. The van der Waals surface area contributed by atoms with E-state index < -0.39 is 0 Å². The Morgan fingerprint density at radius 3 is 3.00 bits per heavy atom. The van der Waals surface area contributed by atoms with Crippen molar-refractivity contribution in [2.24, 2.45) is 0 Å². The Hall–Kier alpha value is -0.650. The third kappa shape index (κ3) is 2.27. The number of nitrogens with zero attached hydrogens (tertiary/aromatic N) is 2. The van der Waals surface area contributed by atoms with Crippen LogP contribution in [0.3, 0.4) is 0 Å². The van der Waals surface area contributed by atoms with Gasteiger partial charge in [0.05, 0.1) is 19.8 Å². The van der Waals surface area contributed by atoms with Crippen LogP contribution in [0, 0.1) is 0 Å². The first kappa shape index (κ1) is 12.4. The Morgan fingerprint density at radius 1 is 1.39 bits per heavy atom. The number of esters is 1. The molecule has 0 bridgehead atoms. The molecule has 0 radical (unpaired) electrons. The molecule has 3 atom stereocenters. The molecule has 3 aliphatic rings. The van der Waals surface area contributed by atoms with E-state index in [1.54, 1.807) is 0 Å². The molecule has 0 N–H and O–H groups in total. The second-order valence-electron chi connectivity index (χ2n) is 5.57. The average Bonchev–Trinajstić information content (AvgIpc) is 2.81. The fourth-order valence-corrected chi connectivity index (χ4v) is 3.32. The van der Waals surface area contributed by atoms with Crippen molar-refractivity contribution in [2.75, 3.05) is 39.9 Å². The van der Waals surface area contributed by atoms with Crippen molar-refractivity contribution >= 4 is 5.97 Å². The SMILES string of the molecule is COC(=O)C1CCN1CC1CN2CCCC2CO1. The highest BCUT2D eigenvalue weighted by molar-refractivity contribution is 5.76. The molecule has 5 heteroatoms. The number of fused-ring (bicyclic) bond motifs is 1. The molecule has 3 aliphatic heterocycles. The molecule has 0 aromatic heterocycles. The van der Waals surface area contributed by atoms with Gasteiger partial charge in [-0.25, -0.2) is 0 Å². The zero-order valence-electron chi connectivity index (χ0n) is 11.0. The fraction of sp³-hybridized carbons (Fsp3) is 0.923. The number of carbonyl (C=O) groups excluding carboxylic acids is 1. The molecule has 0 aromatic rings. The average molecular weight is 254 g/mol. The van der Waals surface area contributed by atoms with E-state index in [4.69, 9.17) is 9.47 Å². The first-order valence-corrected chi connectivity index (χ1v) is 6.95. The van der Waals surface area contributed by atoms with Gasteiger partial charge in [0.2, 0.25) is 0 Å². The summed E-state index contributed by atoms with van der Waals surface area (Å²) in [5, 5.41) is 0. The molecule has 0 saturated carbocycles. The van der Waals surface area contributed by atoms with Crippen LogP contribution in [-0.4, -0.2) is 73.9 Å². The lowest BCUT2D eigenvalue weighted by atomic mass is 10.0. The largest absolute Gasteiger partial charge is 0.468 e. The Bertz CT molecular complexity index is 323. The molecule has 0 aromatic carbocycles. The van der Waals surface area contributed by atoms with E-state index in [0.29, 0.717) is 6.04 Å². The molecule has 18 heavy (non-hydrogen) atoms. The minimum absolute atomic E-state index is 0.0325. The van der Waals surface area contributed by atoms with Gasteiger partial charge in [0.1, 0.15) is 6.04 Å². The molecule has 5 nitrogen and oxygen atoms in total. The van der Waals surface area contributed by atoms with Crippen LogP contribution in [-0.2, 0) is 14.3 Å². The standard InChI is InChI=1S/C13H22N2O3/c1-17-13(16)12-4-6-15(12)8-11-7-14-5-2-3-10(14)9-18-11/h10-12H,2-9H2,1H3. The third-order valence-corrected chi connectivity index (χ3v) is 4.50. The van der Waals surface area contributed by atoms with Crippen molar-refractivity contribution in [3.63, 3.8) is 0 Å². The maximum absolute atomic E-state index is 11.5. The van der Waals surface area contributed by atoms with Gasteiger partial charge in [0.15, 0.2) is 0 Å². The summed E-state index contributed by atoms with van der Waals surface area (Å²) in [6.07, 6.45) is 3.76. The lowest BCUT2D eigenvalue weighted by Gasteiger charge is -2.43. The molecule has 3 unspecified atom stereocenters. The summed E-state index contributed by atoms with van der Waals surface area (Å²) in [5.74, 6) is -0.101. The van der Waals surface area contributed by atoms with Crippen LogP contribution in [0.5, 0.6) is 0 Å². The molecular weight excluding hydrogens is 232 g/mol. The van der Waals surface area contributed by atoms with Crippen LogP contribution in [0.15, 0.2) is 0 Å². The van der Waals surface area contributed by atoms with E-state index in [1.165, 1.54) is 26.5 Å². The Kier molecular flexibility index (Phi) is 3.54. The van der Waals surface area contributed by atoms with Crippen molar-refractivity contribution in [1.82, 2.24) is 9.80 Å². The first-order valence-electron chi connectivity index (χ1n) is 6.95. The Labute approximate surface area is 108 Å². The molecule has 3 saturated heterocycles. The van der Waals surface area contributed by atoms with Gasteiger partial charge < -0.3 is 9.47 Å². The topological polar surface area (TPSA) is 42.0 Å². The van der Waals surface area contributed by atoms with Crippen molar-refractivity contribution in [2.45, 2.75) is 37.5 Å². The highest BCUT2D eigenvalue weighted by Gasteiger charge is 2.39. The normalized spacial score (nSPS) is 37.1. The molecule has 0 spiro atoms. The minimum Gasteiger partial charge on any atom is -0.468 e. The second kappa shape index (κ2) is 5.15. The summed E-state index contributed by atoms with van der Waals surface area (Å²) in [6, 6.07) is 0.615. The van der Waals surface area contributed by atoms with Crippen LogP contribution < -0.4 is 0 Å². The predicted octanol–water partition coefficient (Wildman–Crippen LogP) is 0.0969. The Balaban J connectivity index is 1.50. The molecule has 102 valence electrons. The van der Waals surface area contributed by atoms with Crippen molar-refractivity contribution in [3.05, 3.63) is 0 Å². The minimum atomic E-state index is -0.101. The van der Waals surface area contributed by atoms with Gasteiger partial charge in [0.25, 0.3) is 0 Å². The summed E-state index contributed by atoms with van der Waals surface area (Å²) >= 11 is 0. The zero-order valence-corrected chi connectivity index (χ0v) is 11.0. The number of hydrogen-bond donors (Lipinski definition) is 0. The highest BCUT2D eigenvalue weighted by Crippen LogP contribution is 2.25. The monoisotopic (exact) mass is 254 g/mol. The smallest absolute Gasteiger partial charge is 0.323 e. The van der Waals surface area contributed by atoms with Crippen LogP contribution >= 0.6 is 0 Å².